The number of benzene rings is 3. The third-order valence-electron chi connectivity index (χ3n) is 5.20. The van der Waals surface area contributed by atoms with Gasteiger partial charge in [0, 0.05) is 12.2 Å². The van der Waals surface area contributed by atoms with Crippen molar-refractivity contribution in [3.05, 3.63) is 94.5 Å². The molecule has 162 valence electrons. The Morgan fingerprint density at radius 2 is 1.32 bits per heavy atom. The summed E-state index contributed by atoms with van der Waals surface area (Å²) in [5, 5.41) is 2.89. The maximum absolute atomic E-state index is 13.4. The summed E-state index contributed by atoms with van der Waals surface area (Å²) in [6.45, 7) is 7.53. The van der Waals surface area contributed by atoms with Crippen molar-refractivity contribution in [3.63, 3.8) is 0 Å². The predicted octanol–water partition coefficient (Wildman–Crippen LogP) is 4.75. The Morgan fingerprint density at radius 1 is 0.806 bits per heavy atom. The van der Waals surface area contributed by atoms with Crippen LogP contribution in [0.25, 0.3) is 0 Å². The number of sulfonamides is 1. The number of rotatable bonds is 7. The largest absolute Gasteiger partial charge is 0.324 e. The third-order valence-corrected chi connectivity index (χ3v) is 7.01. The highest BCUT2D eigenvalue weighted by atomic mass is 32.2. The molecule has 0 heterocycles. The first-order chi connectivity index (χ1) is 14.7. The fourth-order valence-corrected chi connectivity index (χ4v) is 4.72. The average molecular weight is 437 g/mol. The third kappa shape index (κ3) is 5.60. The van der Waals surface area contributed by atoms with Crippen LogP contribution < -0.4 is 5.32 Å². The molecule has 0 saturated carbocycles. The monoisotopic (exact) mass is 436 g/mol. The van der Waals surface area contributed by atoms with Crippen LogP contribution in [0.1, 0.15) is 27.8 Å². The van der Waals surface area contributed by atoms with E-state index in [2.05, 4.69) is 5.32 Å². The minimum Gasteiger partial charge on any atom is -0.324 e. The number of hydrogen-bond acceptors (Lipinski definition) is 3. The van der Waals surface area contributed by atoms with Crippen molar-refractivity contribution < 1.29 is 13.2 Å². The average Bonchev–Trinajstić information content (AvgIpc) is 2.72. The van der Waals surface area contributed by atoms with Crippen molar-refractivity contribution >= 4 is 21.6 Å². The number of carbonyl (C=O) groups excluding carboxylic acids is 1. The zero-order chi connectivity index (χ0) is 22.6. The molecule has 0 fully saturated rings. The predicted molar refractivity (Wildman–Crippen MR) is 124 cm³/mol. The van der Waals surface area contributed by atoms with Gasteiger partial charge in [0.15, 0.2) is 0 Å². The number of aryl methyl sites for hydroxylation is 4. The second kappa shape index (κ2) is 9.45. The smallest absolute Gasteiger partial charge is 0.243 e. The Morgan fingerprint density at radius 3 is 1.87 bits per heavy atom. The van der Waals surface area contributed by atoms with Crippen LogP contribution in [0.15, 0.2) is 71.6 Å². The van der Waals surface area contributed by atoms with E-state index in [4.69, 9.17) is 0 Å². The Balaban J connectivity index is 1.90. The molecule has 5 nitrogen and oxygen atoms in total. The van der Waals surface area contributed by atoms with Crippen molar-refractivity contribution in [3.8, 4) is 0 Å². The number of nitrogens with one attached hydrogen (secondary N) is 1. The quantitative estimate of drug-likeness (QED) is 0.581. The number of amides is 1. The highest BCUT2D eigenvalue weighted by Gasteiger charge is 2.27. The molecule has 3 aromatic rings. The van der Waals surface area contributed by atoms with Gasteiger partial charge >= 0.3 is 0 Å². The lowest BCUT2D eigenvalue weighted by molar-refractivity contribution is -0.116. The van der Waals surface area contributed by atoms with E-state index in [0.717, 1.165) is 33.5 Å². The molecule has 0 aliphatic heterocycles. The molecule has 3 aromatic carbocycles. The van der Waals surface area contributed by atoms with E-state index in [1.54, 1.807) is 24.3 Å². The van der Waals surface area contributed by atoms with Gasteiger partial charge in [-0.3, -0.25) is 4.79 Å². The number of nitrogens with zero attached hydrogens (tertiary/aromatic N) is 1. The summed E-state index contributed by atoms with van der Waals surface area (Å²) in [6, 6.07) is 20.1. The Bertz CT molecular complexity index is 1150. The van der Waals surface area contributed by atoms with Gasteiger partial charge in [-0.2, -0.15) is 4.31 Å². The van der Waals surface area contributed by atoms with E-state index in [9.17, 15) is 13.2 Å². The van der Waals surface area contributed by atoms with Gasteiger partial charge in [0.25, 0.3) is 0 Å². The lowest BCUT2D eigenvalue weighted by Crippen LogP contribution is -2.37. The Kier molecular flexibility index (Phi) is 6.93. The molecule has 0 saturated heterocycles. The topological polar surface area (TPSA) is 66.5 Å². The second-order valence-corrected chi connectivity index (χ2v) is 9.82. The molecule has 0 aliphatic rings. The van der Waals surface area contributed by atoms with Crippen LogP contribution in [0.2, 0.25) is 0 Å². The molecule has 0 atom stereocenters. The van der Waals surface area contributed by atoms with Crippen molar-refractivity contribution in [1.82, 2.24) is 4.31 Å². The molecular formula is C25H28N2O3S. The zero-order valence-corrected chi connectivity index (χ0v) is 19.2. The van der Waals surface area contributed by atoms with Crippen molar-refractivity contribution in [1.29, 1.82) is 0 Å². The highest BCUT2D eigenvalue weighted by molar-refractivity contribution is 7.89. The molecule has 31 heavy (non-hydrogen) atoms. The van der Waals surface area contributed by atoms with E-state index in [1.165, 1.54) is 4.31 Å². The van der Waals surface area contributed by atoms with Gasteiger partial charge in [-0.15, -0.1) is 0 Å². The number of carbonyl (C=O) groups is 1. The zero-order valence-electron chi connectivity index (χ0n) is 18.3. The minimum absolute atomic E-state index is 0.108. The molecule has 1 N–H and O–H groups in total. The Labute approximate surface area is 184 Å². The standard InChI is InChI=1S/C25H28N2O3S/c1-18-8-12-22(13-9-18)16-27(31(29,30)23-14-10-19(2)11-15-23)17-24(28)26-25-20(3)6-5-7-21(25)4/h5-15H,16-17H2,1-4H3,(H,26,28). The molecule has 1 amide bonds. The van der Waals surface area contributed by atoms with E-state index >= 15 is 0 Å². The molecule has 0 unspecified atom stereocenters. The van der Waals surface area contributed by atoms with E-state index in [0.29, 0.717) is 0 Å². The molecule has 0 aromatic heterocycles. The summed E-state index contributed by atoms with van der Waals surface area (Å²) in [5.74, 6) is -0.375. The molecule has 0 aliphatic carbocycles. The van der Waals surface area contributed by atoms with E-state index < -0.39 is 10.0 Å². The molecule has 0 radical (unpaired) electrons. The first-order valence-electron chi connectivity index (χ1n) is 10.2. The molecule has 6 heteroatoms. The first-order valence-corrected chi connectivity index (χ1v) is 11.6. The lowest BCUT2D eigenvalue weighted by Gasteiger charge is -2.23. The lowest BCUT2D eigenvalue weighted by atomic mass is 10.1. The van der Waals surface area contributed by atoms with Crippen LogP contribution in [0.5, 0.6) is 0 Å². The van der Waals surface area contributed by atoms with Crippen molar-refractivity contribution in [2.75, 3.05) is 11.9 Å². The van der Waals surface area contributed by atoms with Crippen LogP contribution in [-0.2, 0) is 21.4 Å². The van der Waals surface area contributed by atoms with E-state index in [1.807, 2.05) is 70.2 Å². The van der Waals surface area contributed by atoms with Crippen molar-refractivity contribution in [2.45, 2.75) is 39.1 Å². The van der Waals surface area contributed by atoms with Gasteiger partial charge < -0.3 is 5.32 Å². The van der Waals surface area contributed by atoms with Gasteiger partial charge in [0.05, 0.1) is 11.4 Å². The van der Waals surface area contributed by atoms with Crippen LogP contribution in [0.3, 0.4) is 0 Å². The van der Waals surface area contributed by atoms with Crippen LogP contribution in [0.4, 0.5) is 5.69 Å². The fourth-order valence-electron chi connectivity index (χ4n) is 3.33. The second-order valence-electron chi connectivity index (χ2n) is 7.89. The summed E-state index contributed by atoms with van der Waals surface area (Å²) in [7, 11) is -3.86. The van der Waals surface area contributed by atoms with Crippen LogP contribution >= 0.6 is 0 Å². The van der Waals surface area contributed by atoms with Gasteiger partial charge in [0.1, 0.15) is 0 Å². The maximum atomic E-state index is 13.4. The number of para-hydroxylation sites is 1. The van der Waals surface area contributed by atoms with E-state index in [-0.39, 0.29) is 23.9 Å². The molecule has 0 spiro atoms. The fraction of sp³-hybridized carbons (Fsp3) is 0.240. The minimum atomic E-state index is -3.86. The first kappa shape index (κ1) is 22.7. The number of hydrogen-bond donors (Lipinski definition) is 1. The molecule has 0 bridgehead atoms. The molecule has 3 rings (SSSR count). The number of anilines is 1. The summed E-state index contributed by atoms with van der Waals surface area (Å²) in [6.07, 6.45) is 0. The summed E-state index contributed by atoms with van der Waals surface area (Å²) in [4.78, 5) is 13.1. The summed E-state index contributed by atoms with van der Waals surface area (Å²) < 4.78 is 28.0. The molecular weight excluding hydrogens is 408 g/mol. The summed E-state index contributed by atoms with van der Waals surface area (Å²) >= 11 is 0. The van der Waals surface area contributed by atoms with Crippen LogP contribution in [0, 0.1) is 27.7 Å². The SMILES string of the molecule is Cc1ccc(CN(CC(=O)Nc2c(C)cccc2C)S(=O)(=O)c2ccc(C)cc2)cc1. The van der Waals surface area contributed by atoms with Crippen molar-refractivity contribution in [2.24, 2.45) is 0 Å². The maximum Gasteiger partial charge on any atom is 0.243 e. The normalized spacial score (nSPS) is 11.5. The Hall–Kier alpha value is -2.96. The summed E-state index contributed by atoms with van der Waals surface area (Å²) in [5.41, 5.74) is 5.46. The van der Waals surface area contributed by atoms with Crippen LogP contribution in [-0.4, -0.2) is 25.2 Å². The highest BCUT2D eigenvalue weighted by Crippen LogP contribution is 2.22. The van der Waals surface area contributed by atoms with Gasteiger partial charge in [-0.05, 0) is 56.5 Å². The van der Waals surface area contributed by atoms with Gasteiger partial charge in [-0.25, -0.2) is 8.42 Å². The van der Waals surface area contributed by atoms with Gasteiger partial charge in [0.2, 0.25) is 15.9 Å². The van der Waals surface area contributed by atoms with Gasteiger partial charge in [-0.1, -0.05) is 65.7 Å².